The molecule has 1 aromatic carbocycles. The van der Waals surface area contributed by atoms with Gasteiger partial charge in [0, 0.05) is 11.3 Å². The molecule has 3 N–H and O–H groups in total. The molecule has 1 aromatic rings. The molecule has 1 saturated heterocycles. The Bertz CT molecular complexity index is 1040. The number of carbonyl (C=O) groups is 2. The molecule has 0 radical (unpaired) electrons. The van der Waals surface area contributed by atoms with E-state index in [0.29, 0.717) is 12.1 Å². The van der Waals surface area contributed by atoms with Gasteiger partial charge in [-0.3, -0.25) is 0 Å². The second-order valence-electron chi connectivity index (χ2n) is 7.67. The highest BCUT2D eigenvalue weighted by Crippen LogP contribution is 2.50. The monoisotopic (exact) mass is 577 g/mol. The summed E-state index contributed by atoms with van der Waals surface area (Å²) in [5, 5.41) is 19.2. The van der Waals surface area contributed by atoms with Crippen LogP contribution >= 0.6 is 0 Å². The molecular weight excluding hydrogens is 557 g/mol. The van der Waals surface area contributed by atoms with Crippen molar-refractivity contribution in [2.45, 2.75) is 49.4 Å². The lowest BCUT2D eigenvalue weighted by molar-refractivity contribution is -0.376. The number of esters is 1. The quantitative estimate of drug-likeness (QED) is 0.358. The maximum Gasteiger partial charge on any atom is 0.490 e. The number of carbonyl (C=O) groups excluding carboxylic acids is 1. The molecule has 1 fully saturated rings. The first-order valence-corrected chi connectivity index (χ1v) is 11.8. The Balaban J connectivity index is 0.000000856. The van der Waals surface area contributed by atoms with Crippen molar-refractivity contribution in [3.05, 3.63) is 29.8 Å². The summed E-state index contributed by atoms with van der Waals surface area (Å²) in [5.41, 5.74) is -8.08. The maximum absolute atomic E-state index is 13.0. The van der Waals surface area contributed by atoms with Gasteiger partial charge in [0.1, 0.15) is 5.54 Å². The lowest BCUT2D eigenvalue weighted by atomic mass is 9.90. The smallest absolute Gasteiger partial charge is 0.475 e. The second-order valence-corrected chi connectivity index (χ2v) is 9.97. The van der Waals surface area contributed by atoms with Crippen molar-refractivity contribution in [2.75, 3.05) is 23.4 Å². The van der Waals surface area contributed by atoms with Crippen LogP contribution in [0, 0.1) is 0 Å². The summed E-state index contributed by atoms with van der Waals surface area (Å²) in [4.78, 5) is 21.3. The SMILES string of the molecule is CCOC(=O)C1(Nc2ccc(C(O)(C(F)(F)F)C(F)(F)F)cc2)CCS(=O)(=O)CC1.O=C(O)C(F)(F)F. The molecule has 1 aliphatic rings. The summed E-state index contributed by atoms with van der Waals surface area (Å²) >= 11 is 0. The van der Waals surface area contributed by atoms with Crippen LogP contribution in [0.5, 0.6) is 0 Å². The Kier molecular flexibility index (Phi) is 9.53. The summed E-state index contributed by atoms with van der Waals surface area (Å²) in [7, 11) is -3.38. The van der Waals surface area contributed by atoms with Gasteiger partial charge in [0.05, 0.1) is 18.1 Å². The summed E-state index contributed by atoms with van der Waals surface area (Å²) in [5.74, 6) is -4.24. The van der Waals surface area contributed by atoms with Crippen LogP contribution in [-0.2, 0) is 29.8 Å². The molecule has 18 heteroatoms. The molecule has 0 spiro atoms. The molecule has 212 valence electrons. The molecule has 0 unspecified atom stereocenters. The standard InChI is InChI=1S/C17H19F6NO5S.C2HF3O2/c1-2-29-13(25)14(7-9-30(27,28)10-8-14)24-12-5-3-11(4-6-12)15(26,16(18,19)20)17(21,22)23;3-2(4,5)1(6)7/h3-6,24,26H,2,7-10H2,1H3;(H,6,7). The molecule has 2 rings (SSSR count). The third-order valence-corrected chi connectivity index (χ3v) is 6.75. The van der Waals surface area contributed by atoms with Crippen molar-refractivity contribution < 1.29 is 72.5 Å². The zero-order chi connectivity index (χ0) is 29.1. The number of rotatable bonds is 5. The zero-order valence-corrected chi connectivity index (χ0v) is 19.4. The van der Waals surface area contributed by atoms with Crippen molar-refractivity contribution >= 4 is 27.5 Å². The van der Waals surface area contributed by atoms with Crippen LogP contribution in [0.3, 0.4) is 0 Å². The van der Waals surface area contributed by atoms with Crippen LogP contribution in [0.1, 0.15) is 25.3 Å². The van der Waals surface area contributed by atoms with E-state index in [1.165, 1.54) is 6.92 Å². The lowest BCUT2D eigenvalue weighted by Crippen LogP contribution is -2.54. The lowest BCUT2D eigenvalue weighted by Gasteiger charge is -2.36. The Morgan fingerprint density at radius 2 is 1.35 bits per heavy atom. The number of carboxylic acids is 1. The Hall–Kier alpha value is -2.76. The van der Waals surface area contributed by atoms with Crippen molar-refractivity contribution in [3.63, 3.8) is 0 Å². The molecule has 1 aliphatic heterocycles. The van der Waals surface area contributed by atoms with Gasteiger partial charge in [-0.25, -0.2) is 18.0 Å². The van der Waals surface area contributed by atoms with Crippen molar-refractivity contribution in [2.24, 2.45) is 0 Å². The molecule has 0 aromatic heterocycles. The van der Waals surface area contributed by atoms with E-state index in [1.807, 2.05) is 0 Å². The topological polar surface area (TPSA) is 130 Å². The molecule has 0 amide bonds. The minimum Gasteiger partial charge on any atom is -0.475 e. The zero-order valence-electron chi connectivity index (χ0n) is 18.6. The van der Waals surface area contributed by atoms with Crippen molar-refractivity contribution in [1.29, 1.82) is 0 Å². The highest BCUT2D eigenvalue weighted by Gasteiger charge is 2.71. The molecule has 0 aliphatic carbocycles. The number of sulfone groups is 1. The third kappa shape index (κ3) is 7.62. The van der Waals surface area contributed by atoms with Gasteiger partial charge >= 0.3 is 30.5 Å². The fraction of sp³-hybridized carbons (Fsp3) is 0.579. The van der Waals surface area contributed by atoms with Crippen LogP contribution in [0.2, 0.25) is 0 Å². The molecular formula is C19H20F9NO7S. The number of aliphatic hydroxyl groups is 1. The first-order valence-electron chi connectivity index (χ1n) is 9.95. The Morgan fingerprint density at radius 1 is 0.946 bits per heavy atom. The van der Waals surface area contributed by atoms with Gasteiger partial charge < -0.3 is 20.3 Å². The number of ether oxygens (including phenoxy) is 1. The average Bonchev–Trinajstić information content (AvgIpc) is 2.73. The molecule has 0 bridgehead atoms. The van der Waals surface area contributed by atoms with E-state index in [4.69, 9.17) is 14.6 Å². The second kappa shape index (κ2) is 10.9. The predicted molar refractivity (Wildman–Crippen MR) is 107 cm³/mol. The number of nitrogens with one attached hydrogen (secondary N) is 1. The van der Waals surface area contributed by atoms with Gasteiger partial charge in [-0.2, -0.15) is 39.5 Å². The minimum atomic E-state index is -6.02. The molecule has 0 saturated carbocycles. The van der Waals surface area contributed by atoms with Gasteiger partial charge in [-0.05, 0) is 31.9 Å². The van der Waals surface area contributed by atoms with Gasteiger partial charge in [0.2, 0.25) is 0 Å². The van der Waals surface area contributed by atoms with E-state index in [2.05, 4.69) is 5.32 Å². The van der Waals surface area contributed by atoms with E-state index in [0.717, 1.165) is 12.1 Å². The number of hydrogen-bond acceptors (Lipinski definition) is 7. The van der Waals surface area contributed by atoms with Crippen molar-refractivity contribution in [1.82, 2.24) is 0 Å². The number of benzene rings is 1. The van der Waals surface area contributed by atoms with Crippen LogP contribution < -0.4 is 5.32 Å². The largest absolute Gasteiger partial charge is 0.490 e. The number of aliphatic carboxylic acids is 1. The van der Waals surface area contributed by atoms with E-state index >= 15 is 0 Å². The molecule has 37 heavy (non-hydrogen) atoms. The molecule has 0 atom stereocenters. The summed E-state index contributed by atoms with van der Waals surface area (Å²) in [6.07, 6.45) is -17.5. The van der Waals surface area contributed by atoms with Gasteiger partial charge in [-0.15, -0.1) is 0 Å². The van der Waals surface area contributed by atoms with Crippen LogP contribution in [0.25, 0.3) is 0 Å². The molecule has 1 heterocycles. The number of carboxylic acid groups (broad SMARTS) is 1. The van der Waals surface area contributed by atoms with Gasteiger partial charge in [0.25, 0.3) is 5.60 Å². The fourth-order valence-electron chi connectivity index (χ4n) is 3.10. The number of halogens is 9. The Labute approximate surface area is 203 Å². The number of anilines is 1. The Morgan fingerprint density at radius 3 is 1.68 bits per heavy atom. The van der Waals surface area contributed by atoms with E-state index < -0.39 is 57.0 Å². The van der Waals surface area contributed by atoms with Crippen LogP contribution in [0.15, 0.2) is 24.3 Å². The van der Waals surface area contributed by atoms with E-state index in [1.54, 1.807) is 0 Å². The highest BCUT2D eigenvalue weighted by atomic mass is 32.2. The van der Waals surface area contributed by atoms with Gasteiger partial charge in [0.15, 0.2) is 9.84 Å². The summed E-state index contributed by atoms with van der Waals surface area (Å²) < 4.78 is 138. The van der Waals surface area contributed by atoms with Gasteiger partial charge in [-0.1, -0.05) is 12.1 Å². The van der Waals surface area contributed by atoms with Crippen LogP contribution in [-0.4, -0.2) is 72.7 Å². The number of hydrogen-bond donors (Lipinski definition) is 3. The predicted octanol–water partition coefficient (Wildman–Crippen LogP) is 3.55. The van der Waals surface area contributed by atoms with E-state index in [9.17, 15) is 57.8 Å². The third-order valence-electron chi connectivity index (χ3n) is 5.10. The molecule has 8 nitrogen and oxygen atoms in total. The van der Waals surface area contributed by atoms with Crippen molar-refractivity contribution in [3.8, 4) is 0 Å². The fourth-order valence-corrected chi connectivity index (χ4v) is 4.62. The van der Waals surface area contributed by atoms with E-state index in [-0.39, 0.29) is 36.6 Å². The maximum atomic E-state index is 13.0. The number of alkyl halides is 9. The average molecular weight is 577 g/mol. The first kappa shape index (κ1) is 32.3. The normalized spacial score (nSPS) is 17.7. The summed E-state index contributed by atoms with van der Waals surface area (Å²) in [6.45, 7) is 1.51. The minimum absolute atomic E-state index is 0.0157. The van der Waals surface area contributed by atoms with Crippen LogP contribution in [0.4, 0.5) is 45.2 Å². The highest BCUT2D eigenvalue weighted by molar-refractivity contribution is 7.91. The summed E-state index contributed by atoms with van der Waals surface area (Å²) in [6, 6.07) is 2.53. The first-order chi connectivity index (χ1) is 16.5.